The van der Waals surface area contributed by atoms with Crippen LogP contribution in [0.4, 0.5) is 0 Å². The van der Waals surface area contributed by atoms with Gasteiger partial charge in [-0.3, -0.25) is 9.59 Å². The number of hydrogen-bond donors (Lipinski definition) is 1. The predicted octanol–water partition coefficient (Wildman–Crippen LogP) is 6.20. The monoisotopic (exact) mass is 480 g/mol. The Kier molecular flexibility index (Phi) is 9.73. The molecule has 0 saturated carbocycles. The summed E-state index contributed by atoms with van der Waals surface area (Å²) in [6.45, 7) is 8.00. The Morgan fingerprint density at radius 3 is 2.32 bits per heavy atom. The summed E-state index contributed by atoms with van der Waals surface area (Å²) in [4.78, 5) is 29.0. The minimum absolute atomic E-state index is 0.0644. The number of thioether (sulfide) groups is 1. The molecule has 0 aliphatic rings. The highest BCUT2D eigenvalue weighted by atomic mass is 35.5. The van der Waals surface area contributed by atoms with Crippen molar-refractivity contribution in [2.24, 2.45) is 0 Å². The van der Waals surface area contributed by atoms with Gasteiger partial charge in [0.15, 0.2) is 0 Å². The van der Waals surface area contributed by atoms with Gasteiger partial charge in [-0.1, -0.05) is 54.4 Å². The largest absolute Gasteiger partial charge is 0.350 e. The highest BCUT2D eigenvalue weighted by Crippen LogP contribution is 2.25. The highest BCUT2D eigenvalue weighted by molar-refractivity contribution is 7.99. The molecule has 0 aliphatic carbocycles. The van der Waals surface area contributed by atoms with Gasteiger partial charge in [0.25, 0.3) is 0 Å². The lowest BCUT2D eigenvalue weighted by molar-refractivity contribution is -0.141. The number of hydrogen-bond acceptors (Lipinski definition) is 3. The van der Waals surface area contributed by atoms with Crippen molar-refractivity contribution >= 4 is 46.8 Å². The highest BCUT2D eigenvalue weighted by Gasteiger charge is 2.30. The SMILES string of the molecule is CC[C@H](C(=O)NC(C)(C)C)N(Cc1ccc(Cl)c(Cl)c1)C(=O)CCSc1ccccc1. The van der Waals surface area contributed by atoms with E-state index < -0.39 is 6.04 Å². The van der Waals surface area contributed by atoms with E-state index in [2.05, 4.69) is 5.32 Å². The zero-order valence-electron chi connectivity index (χ0n) is 18.5. The molecule has 4 nitrogen and oxygen atoms in total. The van der Waals surface area contributed by atoms with Gasteiger partial charge in [-0.15, -0.1) is 11.8 Å². The van der Waals surface area contributed by atoms with Crippen LogP contribution in [0.15, 0.2) is 53.4 Å². The molecule has 2 aromatic rings. The molecule has 0 aliphatic heterocycles. The van der Waals surface area contributed by atoms with Crippen LogP contribution in [0.3, 0.4) is 0 Å². The molecule has 7 heteroatoms. The third-order valence-corrected chi connectivity index (χ3v) is 6.30. The van der Waals surface area contributed by atoms with Crippen molar-refractivity contribution in [3.8, 4) is 0 Å². The molecule has 2 aromatic carbocycles. The summed E-state index contributed by atoms with van der Waals surface area (Å²) in [7, 11) is 0. The summed E-state index contributed by atoms with van der Waals surface area (Å²) in [5.74, 6) is 0.419. The molecule has 0 heterocycles. The Hall–Kier alpha value is -1.69. The summed E-state index contributed by atoms with van der Waals surface area (Å²) < 4.78 is 0. The molecule has 1 N–H and O–H groups in total. The third kappa shape index (κ3) is 8.40. The molecule has 0 saturated heterocycles. The fraction of sp³-hybridized carbons (Fsp3) is 0.417. The van der Waals surface area contributed by atoms with Crippen LogP contribution in [0.1, 0.15) is 46.1 Å². The van der Waals surface area contributed by atoms with Crippen LogP contribution in [0.5, 0.6) is 0 Å². The second-order valence-electron chi connectivity index (χ2n) is 8.34. The first-order chi connectivity index (χ1) is 14.6. The molecule has 0 bridgehead atoms. The van der Waals surface area contributed by atoms with E-state index in [1.54, 1.807) is 28.8 Å². The van der Waals surface area contributed by atoms with E-state index in [1.165, 1.54) is 0 Å². The van der Waals surface area contributed by atoms with Gasteiger partial charge in [0, 0.05) is 29.2 Å². The van der Waals surface area contributed by atoms with Crippen molar-refractivity contribution in [2.45, 2.75) is 63.6 Å². The number of rotatable bonds is 9. The Bertz CT molecular complexity index is 885. The molecule has 2 rings (SSSR count). The van der Waals surface area contributed by atoms with Gasteiger partial charge in [0.05, 0.1) is 10.0 Å². The van der Waals surface area contributed by atoms with E-state index in [-0.39, 0.29) is 17.4 Å². The van der Waals surface area contributed by atoms with E-state index >= 15 is 0 Å². The Morgan fingerprint density at radius 1 is 1.06 bits per heavy atom. The number of benzene rings is 2. The van der Waals surface area contributed by atoms with E-state index in [0.717, 1.165) is 10.5 Å². The molecule has 2 amide bonds. The maximum absolute atomic E-state index is 13.2. The van der Waals surface area contributed by atoms with Crippen molar-refractivity contribution < 1.29 is 9.59 Å². The first-order valence-corrected chi connectivity index (χ1v) is 12.1. The zero-order valence-corrected chi connectivity index (χ0v) is 20.8. The minimum Gasteiger partial charge on any atom is -0.350 e. The average molecular weight is 481 g/mol. The second-order valence-corrected chi connectivity index (χ2v) is 10.3. The maximum atomic E-state index is 13.2. The van der Waals surface area contributed by atoms with Crippen molar-refractivity contribution in [3.63, 3.8) is 0 Å². The van der Waals surface area contributed by atoms with Crippen molar-refractivity contribution in [1.29, 1.82) is 0 Å². The minimum atomic E-state index is -0.567. The molecular formula is C24H30Cl2N2O2S. The van der Waals surface area contributed by atoms with E-state index in [9.17, 15) is 9.59 Å². The van der Waals surface area contributed by atoms with Gasteiger partial charge in [-0.05, 0) is 57.0 Å². The summed E-state index contributed by atoms with van der Waals surface area (Å²) in [5, 5.41) is 3.90. The van der Waals surface area contributed by atoms with Crippen LogP contribution in [0, 0.1) is 0 Å². The standard InChI is InChI=1S/C24H30Cl2N2O2S/c1-5-21(23(30)27-24(2,3)4)28(16-17-11-12-19(25)20(26)15-17)22(29)13-14-31-18-9-7-6-8-10-18/h6-12,15,21H,5,13-14,16H2,1-4H3,(H,27,30)/t21-/m1/s1. The number of amides is 2. The lowest BCUT2D eigenvalue weighted by Crippen LogP contribution is -2.53. The zero-order chi connectivity index (χ0) is 23.0. The van der Waals surface area contributed by atoms with E-state index in [0.29, 0.717) is 35.2 Å². The molecule has 0 radical (unpaired) electrons. The lowest BCUT2D eigenvalue weighted by Gasteiger charge is -2.33. The number of nitrogens with one attached hydrogen (secondary N) is 1. The van der Waals surface area contributed by atoms with Crippen LogP contribution in [-0.2, 0) is 16.1 Å². The van der Waals surface area contributed by atoms with E-state index in [4.69, 9.17) is 23.2 Å². The van der Waals surface area contributed by atoms with Gasteiger partial charge < -0.3 is 10.2 Å². The first-order valence-electron chi connectivity index (χ1n) is 10.3. The fourth-order valence-corrected chi connectivity index (χ4v) is 4.31. The molecule has 0 spiro atoms. The smallest absolute Gasteiger partial charge is 0.243 e. The Morgan fingerprint density at radius 2 is 1.74 bits per heavy atom. The Balaban J connectivity index is 2.19. The molecule has 31 heavy (non-hydrogen) atoms. The second kappa shape index (κ2) is 11.8. The molecule has 0 fully saturated rings. The number of carbonyl (C=O) groups is 2. The van der Waals surface area contributed by atoms with Gasteiger partial charge >= 0.3 is 0 Å². The summed E-state index contributed by atoms with van der Waals surface area (Å²) >= 11 is 13.8. The van der Waals surface area contributed by atoms with Gasteiger partial charge in [0.2, 0.25) is 11.8 Å². The number of nitrogens with zero attached hydrogens (tertiary/aromatic N) is 1. The van der Waals surface area contributed by atoms with Crippen LogP contribution >= 0.6 is 35.0 Å². The van der Waals surface area contributed by atoms with Crippen LogP contribution in [-0.4, -0.2) is 34.0 Å². The van der Waals surface area contributed by atoms with Crippen LogP contribution in [0.25, 0.3) is 0 Å². The van der Waals surface area contributed by atoms with Gasteiger partial charge in [0.1, 0.15) is 6.04 Å². The normalized spacial score (nSPS) is 12.3. The molecular weight excluding hydrogens is 451 g/mol. The van der Waals surface area contributed by atoms with Gasteiger partial charge in [-0.2, -0.15) is 0 Å². The molecule has 0 aromatic heterocycles. The van der Waals surface area contributed by atoms with E-state index in [1.807, 2.05) is 64.1 Å². The Labute approximate surface area is 199 Å². The average Bonchev–Trinajstić information content (AvgIpc) is 2.70. The van der Waals surface area contributed by atoms with Crippen molar-refractivity contribution in [2.75, 3.05) is 5.75 Å². The topological polar surface area (TPSA) is 49.4 Å². The third-order valence-electron chi connectivity index (χ3n) is 4.55. The van der Waals surface area contributed by atoms with Crippen molar-refractivity contribution in [1.82, 2.24) is 10.2 Å². The lowest BCUT2D eigenvalue weighted by atomic mass is 10.1. The first kappa shape index (κ1) is 25.6. The number of halogens is 2. The van der Waals surface area contributed by atoms with Crippen LogP contribution in [0.2, 0.25) is 10.0 Å². The summed E-state index contributed by atoms with van der Waals surface area (Å²) in [6.07, 6.45) is 0.848. The fourth-order valence-electron chi connectivity index (χ4n) is 3.12. The summed E-state index contributed by atoms with van der Waals surface area (Å²) in [5.41, 5.74) is 0.451. The van der Waals surface area contributed by atoms with Crippen molar-refractivity contribution in [3.05, 3.63) is 64.1 Å². The molecule has 168 valence electrons. The van der Waals surface area contributed by atoms with Gasteiger partial charge in [-0.25, -0.2) is 0 Å². The maximum Gasteiger partial charge on any atom is 0.243 e. The molecule has 0 unspecified atom stereocenters. The van der Waals surface area contributed by atoms with Crippen LogP contribution < -0.4 is 5.32 Å². The quantitative estimate of drug-likeness (QED) is 0.434. The number of carbonyl (C=O) groups excluding carboxylic acids is 2. The summed E-state index contributed by atoms with van der Waals surface area (Å²) in [6, 6.07) is 14.7. The molecule has 1 atom stereocenters. The predicted molar refractivity (Wildman–Crippen MR) is 131 cm³/mol.